The monoisotopic (exact) mass is 262 g/mol. The molecule has 0 spiro atoms. The van der Waals surface area contributed by atoms with E-state index in [0.29, 0.717) is 25.0 Å². The van der Waals surface area contributed by atoms with Gasteiger partial charge in [0.1, 0.15) is 0 Å². The van der Waals surface area contributed by atoms with Gasteiger partial charge in [0.15, 0.2) is 9.84 Å². The normalized spacial score (nSPS) is 27.6. The second kappa shape index (κ2) is 5.24. The third-order valence-electron chi connectivity index (χ3n) is 3.70. The van der Waals surface area contributed by atoms with Crippen molar-refractivity contribution in [3.8, 4) is 0 Å². The Kier molecular flexibility index (Phi) is 4.60. The first-order valence-corrected chi connectivity index (χ1v) is 7.99. The molecule has 0 bridgehead atoms. The minimum Gasteiger partial charge on any atom is -0.330 e. The molecule has 0 saturated carbocycles. The average molecular weight is 262 g/mol. The van der Waals surface area contributed by atoms with Crippen LogP contribution < -0.4 is 5.73 Å². The average Bonchev–Trinajstić information content (AvgIpc) is 2.55. The van der Waals surface area contributed by atoms with Crippen molar-refractivity contribution in [1.82, 2.24) is 4.90 Å². The van der Waals surface area contributed by atoms with E-state index in [4.69, 9.17) is 5.73 Å². The maximum Gasteiger partial charge on any atom is 0.156 e. The van der Waals surface area contributed by atoms with Crippen molar-refractivity contribution < 1.29 is 8.42 Å². The molecule has 5 heteroatoms. The lowest BCUT2D eigenvalue weighted by Gasteiger charge is -2.24. The van der Waals surface area contributed by atoms with Gasteiger partial charge in [0.05, 0.1) is 10.5 Å². The fourth-order valence-corrected chi connectivity index (χ4v) is 3.33. The van der Waals surface area contributed by atoms with Crippen LogP contribution in [-0.2, 0) is 9.84 Å². The highest BCUT2D eigenvalue weighted by atomic mass is 32.2. The summed E-state index contributed by atoms with van der Waals surface area (Å²) in [5.41, 5.74) is 5.66. The van der Waals surface area contributed by atoms with E-state index in [1.54, 1.807) is 20.8 Å². The Morgan fingerprint density at radius 3 is 2.35 bits per heavy atom. The number of nitrogens with zero attached hydrogens (tertiary/aromatic N) is 1. The zero-order valence-electron chi connectivity index (χ0n) is 11.4. The summed E-state index contributed by atoms with van der Waals surface area (Å²) in [5, 5.41) is 0. The van der Waals surface area contributed by atoms with Crippen LogP contribution in [0.5, 0.6) is 0 Å². The summed E-state index contributed by atoms with van der Waals surface area (Å²) >= 11 is 0. The molecule has 1 aliphatic heterocycles. The standard InChI is InChI=1S/C12H26N2O2S/c1-10-7-11(8-13)9-14(10)5-6-17(15,16)12(2,3)4/h10-11H,5-9,13H2,1-4H3. The second-order valence-electron chi connectivity index (χ2n) is 6.11. The van der Waals surface area contributed by atoms with E-state index in [9.17, 15) is 8.42 Å². The van der Waals surface area contributed by atoms with E-state index < -0.39 is 14.6 Å². The molecule has 2 N–H and O–H groups in total. The molecule has 0 aromatic heterocycles. The lowest BCUT2D eigenvalue weighted by atomic mass is 10.1. The van der Waals surface area contributed by atoms with Gasteiger partial charge in [0, 0.05) is 19.1 Å². The highest BCUT2D eigenvalue weighted by Crippen LogP contribution is 2.23. The molecule has 1 heterocycles. The molecular weight excluding hydrogens is 236 g/mol. The van der Waals surface area contributed by atoms with Crippen molar-refractivity contribution in [2.75, 3.05) is 25.4 Å². The number of hydrogen-bond acceptors (Lipinski definition) is 4. The van der Waals surface area contributed by atoms with Crippen molar-refractivity contribution >= 4 is 9.84 Å². The molecule has 0 aromatic carbocycles. The van der Waals surface area contributed by atoms with Gasteiger partial charge in [0.25, 0.3) is 0 Å². The van der Waals surface area contributed by atoms with Crippen molar-refractivity contribution in [3.05, 3.63) is 0 Å². The maximum absolute atomic E-state index is 12.0. The van der Waals surface area contributed by atoms with Gasteiger partial charge in [-0.05, 0) is 46.6 Å². The first-order chi connectivity index (χ1) is 7.67. The summed E-state index contributed by atoms with van der Waals surface area (Å²) in [7, 11) is -3.01. The molecule has 0 amide bonds. The van der Waals surface area contributed by atoms with Gasteiger partial charge in [-0.3, -0.25) is 4.90 Å². The molecule has 0 radical (unpaired) electrons. The predicted molar refractivity (Wildman–Crippen MR) is 71.7 cm³/mol. The van der Waals surface area contributed by atoms with Crippen LogP contribution in [0, 0.1) is 5.92 Å². The Balaban J connectivity index is 2.53. The van der Waals surface area contributed by atoms with Gasteiger partial charge in [-0.25, -0.2) is 8.42 Å². The van der Waals surface area contributed by atoms with E-state index in [1.807, 2.05) is 0 Å². The summed E-state index contributed by atoms with van der Waals surface area (Å²) in [6, 6.07) is 0.457. The van der Waals surface area contributed by atoms with Gasteiger partial charge in [-0.15, -0.1) is 0 Å². The third kappa shape index (κ3) is 3.66. The highest BCUT2D eigenvalue weighted by Gasteiger charge is 2.32. The quantitative estimate of drug-likeness (QED) is 0.816. The number of likely N-dealkylation sites (tertiary alicyclic amines) is 1. The van der Waals surface area contributed by atoms with Gasteiger partial charge in [-0.1, -0.05) is 0 Å². The Bertz CT molecular complexity index is 346. The minimum absolute atomic E-state index is 0.248. The van der Waals surface area contributed by atoms with Crippen molar-refractivity contribution in [2.45, 2.75) is 44.9 Å². The molecule has 0 aliphatic carbocycles. The zero-order valence-corrected chi connectivity index (χ0v) is 12.3. The molecule has 2 atom stereocenters. The molecule has 1 aliphatic rings. The van der Waals surface area contributed by atoms with Crippen molar-refractivity contribution in [3.63, 3.8) is 0 Å². The first kappa shape index (κ1) is 14.9. The number of rotatable bonds is 4. The van der Waals surface area contributed by atoms with Crippen LogP contribution in [0.3, 0.4) is 0 Å². The lowest BCUT2D eigenvalue weighted by molar-refractivity contribution is 0.279. The smallest absolute Gasteiger partial charge is 0.156 e. The molecule has 2 unspecified atom stereocenters. The zero-order chi connectivity index (χ0) is 13.3. The van der Waals surface area contributed by atoms with Crippen LogP contribution in [0.1, 0.15) is 34.1 Å². The van der Waals surface area contributed by atoms with Crippen LogP contribution in [0.2, 0.25) is 0 Å². The Labute approximate surface area is 105 Å². The van der Waals surface area contributed by atoms with Crippen LogP contribution >= 0.6 is 0 Å². The third-order valence-corrected chi connectivity index (χ3v) is 6.29. The molecule has 0 aromatic rings. The summed E-state index contributed by atoms with van der Waals surface area (Å²) in [5.74, 6) is 0.778. The summed E-state index contributed by atoms with van der Waals surface area (Å²) in [6.45, 7) is 9.72. The van der Waals surface area contributed by atoms with E-state index in [-0.39, 0.29) is 5.75 Å². The fraction of sp³-hybridized carbons (Fsp3) is 1.00. The minimum atomic E-state index is -3.01. The molecule has 1 rings (SSSR count). The number of sulfone groups is 1. The molecule has 17 heavy (non-hydrogen) atoms. The van der Waals surface area contributed by atoms with E-state index >= 15 is 0 Å². The Hall–Kier alpha value is -0.130. The molecular formula is C12H26N2O2S. The van der Waals surface area contributed by atoms with E-state index in [1.165, 1.54) is 0 Å². The maximum atomic E-state index is 12.0. The predicted octanol–water partition coefficient (Wildman–Crippen LogP) is 0.869. The number of nitrogens with two attached hydrogens (primary N) is 1. The summed E-state index contributed by atoms with van der Waals surface area (Å²) in [4.78, 5) is 2.25. The van der Waals surface area contributed by atoms with E-state index in [0.717, 1.165) is 13.0 Å². The van der Waals surface area contributed by atoms with Crippen LogP contribution in [-0.4, -0.2) is 49.5 Å². The van der Waals surface area contributed by atoms with Crippen molar-refractivity contribution in [1.29, 1.82) is 0 Å². The summed E-state index contributed by atoms with van der Waals surface area (Å²) < 4.78 is 23.4. The van der Waals surface area contributed by atoms with Gasteiger partial charge in [0.2, 0.25) is 0 Å². The molecule has 1 saturated heterocycles. The van der Waals surface area contributed by atoms with Crippen LogP contribution in [0.15, 0.2) is 0 Å². The second-order valence-corrected chi connectivity index (χ2v) is 8.98. The van der Waals surface area contributed by atoms with Crippen LogP contribution in [0.4, 0.5) is 0 Å². The summed E-state index contributed by atoms with van der Waals surface area (Å²) in [6.07, 6.45) is 1.09. The highest BCUT2D eigenvalue weighted by molar-refractivity contribution is 7.92. The SMILES string of the molecule is CC1CC(CN)CN1CCS(=O)(=O)C(C)(C)C. The lowest BCUT2D eigenvalue weighted by Crippen LogP contribution is -2.38. The van der Waals surface area contributed by atoms with Crippen LogP contribution in [0.25, 0.3) is 0 Å². The first-order valence-electron chi connectivity index (χ1n) is 6.34. The Morgan fingerprint density at radius 2 is 1.94 bits per heavy atom. The Morgan fingerprint density at radius 1 is 1.35 bits per heavy atom. The van der Waals surface area contributed by atoms with Gasteiger partial charge in [-0.2, -0.15) is 0 Å². The van der Waals surface area contributed by atoms with Crippen molar-refractivity contribution in [2.24, 2.45) is 11.7 Å². The van der Waals surface area contributed by atoms with Gasteiger partial charge < -0.3 is 5.73 Å². The number of hydrogen-bond donors (Lipinski definition) is 1. The fourth-order valence-electron chi connectivity index (χ4n) is 2.24. The topological polar surface area (TPSA) is 63.4 Å². The van der Waals surface area contributed by atoms with Gasteiger partial charge >= 0.3 is 0 Å². The largest absolute Gasteiger partial charge is 0.330 e. The molecule has 102 valence electrons. The molecule has 1 fully saturated rings. The molecule has 4 nitrogen and oxygen atoms in total. The van der Waals surface area contributed by atoms with E-state index in [2.05, 4.69) is 11.8 Å².